The molecule has 0 saturated carbocycles. The summed E-state index contributed by atoms with van der Waals surface area (Å²) in [5.74, 6) is 0. The van der Waals surface area contributed by atoms with Crippen LogP contribution in [0.25, 0.3) is 0 Å². The van der Waals surface area contributed by atoms with Crippen LogP contribution in [0.15, 0.2) is 30.3 Å². The number of rotatable bonds is 3. The topological polar surface area (TPSA) is 29.5 Å². The number of hydrogen-bond acceptors (Lipinski definition) is 2. The highest BCUT2D eigenvalue weighted by molar-refractivity contribution is 5.11. The van der Waals surface area contributed by atoms with E-state index >= 15 is 0 Å². The zero-order chi connectivity index (χ0) is 11.7. The number of aliphatic hydroxyl groups excluding tert-OH is 1. The van der Waals surface area contributed by atoms with Gasteiger partial charge in [0.25, 0.3) is 0 Å². The Kier molecular flexibility index (Phi) is 7.01. The number of benzene rings is 1. The van der Waals surface area contributed by atoms with Crippen molar-refractivity contribution in [1.82, 2.24) is 0 Å². The molecule has 0 aliphatic carbocycles. The van der Waals surface area contributed by atoms with Gasteiger partial charge < -0.3 is 9.84 Å². The summed E-state index contributed by atoms with van der Waals surface area (Å²) in [6.07, 6.45) is 0.698. The minimum absolute atomic E-state index is 0.158. The highest BCUT2D eigenvalue weighted by Gasteiger charge is 2.13. The first-order valence-corrected chi connectivity index (χ1v) is 5.19. The number of aliphatic hydroxyl groups is 1. The van der Waals surface area contributed by atoms with E-state index in [1.54, 1.807) is 7.11 Å². The van der Waals surface area contributed by atoms with Crippen LogP contribution in [-0.2, 0) is 4.74 Å². The monoisotopic (exact) mass is 210 g/mol. The smallest absolute Gasteiger partial charge is 0.0644 e. The quantitative estimate of drug-likeness (QED) is 0.831. The molecule has 0 saturated heterocycles. The maximum atomic E-state index is 8.45. The first-order chi connectivity index (χ1) is 7.02. The van der Waals surface area contributed by atoms with Gasteiger partial charge >= 0.3 is 0 Å². The Morgan fingerprint density at radius 1 is 1.20 bits per heavy atom. The fraction of sp³-hybridized carbons (Fsp3) is 0.538. The first-order valence-electron chi connectivity index (χ1n) is 5.19. The van der Waals surface area contributed by atoms with Crippen LogP contribution in [0.3, 0.4) is 0 Å². The van der Waals surface area contributed by atoms with Crippen LogP contribution < -0.4 is 0 Å². The highest BCUT2D eigenvalue weighted by Crippen LogP contribution is 2.10. The molecule has 0 aromatic heterocycles. The van der Waals surface area contributed by atoms with E-state index < -0.39 is 0 Å². The van der Waals surface area contributed by atoms with E-state index in [0.717, 1.165) is 0 Å². The summed E-state index contributed by atoms with van der Waals surface area (Å²) in [4.78, 5) is 0. The third-order valence-electron chi connectivity index (χ3n) is 2.21. The standard InChI is InChI=1S/C7H8.C6H14O2/c1-7-5-3-2-4-6-7;1-6(2,8-3)4-5-7/h2-6H,1H3;7H,4-5H2,1-3H3. The van der Waals surface area contributed by atoms with Crippen molar-refractivity contribution in [3.63, 3.8) is 0 Å². The Morgan fingerprint density at radius 3 is 1.93 bits per heavy atom. The molecule has 2 nitrogen and oxygen atoms in total. The lowest BCUT2D eigenvalue weighted by Gasteiger charge is -2.20. The average Bonchev–Trinajstić information content (AvgIpc) is 2.20. The van der Waals surface area contributed by atoms with Crippen molar-refractivity contribution < 1.29 is 9.84 Å². The van der Waals surface area contributed by atoms with Gasteiger partial charge in [0.05, 0.1) is 5.60 Å². The first kappa shape index (κ1) is 14.1. The van der Waals surface area contributed by atoms with Crippen LogP contribution >= 0.6 is 0 Å². The van der Waals surface area contributed by atoms with Crippen LogP contribution in [-0.4, -0.2) is 24.4 Å². The zero-order valence-corrected chi connectivity index (χ0v) is 10.2. The van der Waals surface area contributed by atoms with Crippen LogP contribution in [0, 0.1) is 6.92 Å². The molecule has 2 heteroatoms. The van der Waals surface area contributed by atoms with Gasteiger partial charge in [-0.2, -0.15) is 0 Å². The fourth-order valence-corrected chi connectivity index (χ4v) is 0.906. The molecule has 15 heavy (non-hydrogen) atoms. The molecule has 0 unspecified atom stereocenters. The van der Waals surface area contributed by atoms with Crippen molar-refractivity contribution in [2.24, 2.45) is 0 Å². The van der Waals surface area contributed by atoms with E-state index in [2.05, 4.69) is 19.1 Å². The van der Waals surface area contributed by atoms with Gasteiger partial charge in [0.15, 0.2) is 0 Å². The molecule has 0 atom stereocenters. The maximum Gasteiger partial charge on any atom is 0.0644 e. The van der Waals surface area contributed by atoms with Crippen molar-refractivity contribution in [1.29, 1.82) is 0 Å². The predicted molar refractivity (Wildman–Crippen MR) is 64.0 cm³/mol. The SMILES string of the molecule is COC(C)(C)CCO.Cc1ccccc1. The van der Waals surface area contributed by atoms with Crippen molar-refractivity contribution in [2.75, 3.05) is 13.7 Å². The zero-order valence-electron chi connectivity index (χ0n) is 10.2. The molecule has 86 valence electrons. The Morgan fingerprint density at radius 2 is 1.73 bits per heavy atom. The number of aryl methyl sites for hydroxylation is 1. The Labute approximate surface area is 92.9 Å². The summed E-state index contributed by atoms with van der Waals surface area (Å²) in [7, 11) is 1.65. The van der Waals surface area contributed by atoms with Gasteiger partial charge in [-0.3, -0.25) is 0 Å². The number of ether oxygens (including phenoxy) is 1. The van der Waals surface area contributed by atoms with Gasteiger partial charge in [-0.1, -0.05) is 35.9 Å². The van der Waals surface area contributed by atoms with E-state index in [1.165, 1.54) is 5.56 Å². The molecule has 0 aliphatic rings. The summed E-state index contributed by atoms with van der Waals surface area (Å²) in [5, 5.41) is 8.45. The van der Waals surface area contributed by atoms with E-state index in [0.29, 0.717) is 6.42 Å². The van der Waals surface area contributed by atoms with Gasteiger partial charge in [0, 0.05) is 13.7 Å². The lowest BCUT2D eigenvalue weighted by atomic mass is 10.1. The number of methoxy groups -OCH3 is 1. The van der Waals surface area contributed by atoms with Crippen LogP contribution in [0.2, 0.25) is 0 Å². The molecule has 1 aromatic carbocycles. The largest absolute Gasteiger partial charge is 0.396 e. The fourth-order valence-electron chi connectivity index (χ4n) is 0.906. The van der Waals surface area contributed by atoms with Crippen LogP contribution in [0.5, 0.6) is 0 Å². The summed E-state index contributed by atoms with van der Waals surface area (Å²) < 4.78 is 5.02. The van der Waals surface area contributed by atoms with Crippen molar-refractivity contribution in [3.05, 3.63) is 35.9 Å². The van der Waals surface area contributed by atoms with Crippen molar-refractivity contribution in [3.8, 4) is 0 Å². The molecule has 0 spiro atoms. The maximum absolute atomic E-state index is 8.45. The summed E-state index contributed by atoms with van der Waals surface area (Å²) in [5.41, 5.74) is 1.16. The molecule has 0 aliphatic heterocycles. The molecule has 1 rings (SSSR count). The Bertz CT molecular complexity index is 242. The molecule has 0 bridgehead atoms. The third kappa shape index (κ3) is 8.16. The summed E-state index contributed by atoms with van der Waals surface area (Å²) >= 11 is 0. The van der Waals surface area contributed by atoms with Gasteiger partial charge in [0.1, 0.15) is 0 Å². The van der Waals surface area contributed by atoms with Crippen LogP contribution in [0.1, 0.15) is 25.8 Å². The molecule has 0 amide bonds. The second kappa shape index (κ2) is 7.43. The van der Waals surface area contributed by atoms with Gasteiger partial charge in [-0.25, -0.2) is 0 Å². The normalized spacial score (nSPS) is 10.5. The lowest BCUT2D eigenvalue weighted by Crippen LogP contribution is -2.23. The third-order valence-corrected chi connectivity index (χ3v) is 2.21. The van der Waals surface area contributed by atoms with Crippen molar-refractivity contribution >= 4 is 0 Å². The molecular formula is C13H22O2. The molecule has 0 radical (unpaired) electrons. The van der Waals surface area contributed by atoms with Crippen LogP contribution in [0.4, 0.5) is 0 Å². The van der Waals surface area contributed by atoms with Gasteiger partial charge in [-0.15, -0.1) is 0 Å². The van der Waals surface area contributed by atoms with Gasteiger partial charge in [0.2, 0.25) is 0 Å². The van der Waals surface area contributed by atoms with E-state index in [4.69, 9.17) is 9.84 Å². The van der Waals surface area contributed by atoms with Gasteiger partial charge in [-0.05, 0) is 27.2 Å². The lowest BCUT2D eigenvalue weighted by molar-refractivity contribution is 0.00293. The minimum atomic E-state index is -0.158. The van der Waals surface area contributed by atoms with Crippen molar-refractivity contribution in [2.45, 2.75) is 32.8 Å². The molecule has 1 aromatic rings. The average molecular weight is 210 g/mol. The Balaban J connectivity index is 0.000000262. The Hall–Kier alpha value is -0.860. The van der Waals surface area contributed by atoms with E-state index in [-0.39, 0.29) is 12.2 Å². The summed E-state index contributed by atoms with van der Waals surface area (Å²) in [6, 6.07) is 10.3. The second-order valence-corrected chi connectivity index (χ2v) is 4.09. The minimum Gasteiger partial charge on any atom is -0.396 e. The molecule has 0 fully saturated rings. The highest BCUT2D eigenvalue weighted by atomic mass is 16.5. The molecule has 0 heterocycles. The van der Waals surface area contributed by atoms with E-state index in [1.807, 2.05) is 32.0 Å². The van der Waals surface area contributed by atoms with E-state index in [9.17, 15) is 0 Å². The number of hydrogen-bond donors (Lipinski definition) is 1. The summed E-state index contributed by atoms with van der Waals surface area (Å²) in [6.45, 7) is 6.17. The molecular weight excluding hydrogens is 188 g/mol. The molecule has 1 N–H and O–H groups in total. The second-order valence-electron chi connectivity index (χ2n) is 4.09. The predicted octanol–water partition coefficient (Wildman–Crippen LogP) is 2.79.